The molecule has 0 aliphatic heterocycles. The van der Waals surface area contributed by atoms with E-state index in [9.17, 15) is 8.42 Å². The molecule has 20 heavy (non-hydrogen) atoms. The van der Waals surface area contributed by atoms with Gasteiger partial charge in [-0.2, -0.15) is 5.10 Å². The van der Waals surface area contributed by atoms with Crippen LogP contribution in [0, 0.1) is 5.41 Å². The second-order valence-electron chi connectivity index (χ2n) is 6.07. The van der Waals surface area contributed by atoms with E-state index in [0.717, 1.165) is 0 Å². The Morgan fingerprint density at radius 1 is 1.50 bits per heavy atom. The van der Waals surface area contributed by atoms with E-state index in [1.54, 1.807) is 18.0 Å². The zero-order valence-electron chi connectivity index (χ0n) is 12.7. The summed E-state index contributed by atoms with van der Waals surface area (Å²) in [7, 11) is -1.86. The van der Waals surface area contributed by atoms with E-state index in [-0.39, 0.29) is 22.0 Å². The van der Waals surface area contributed by atoms with E-state index in [0.29, 0.717) is 13.0 Å². The SMILES string of the molecule is CCn1cc(S(=O)(=O)N[C@H]2C[C@](C)(OC)C2(C)C)cn1. The van der Waals surface area contributed by atoms with Gasteiger partial charge in [0.2, 0.25) is 10.0 Å². The molecule has 1 aromatic heterocycles. The fourth-order valence-electron chi connectivity index (χ4n) is 2.59. The lowest BCUT2D eigenvalue weighted by molar-refractivity contribution is -0.175. The van der Waals surface area contributed by atoms with E-state index >= 15 is 0 Å². The Bertz CT molecular complexity index is 594. The lowest BCUT2D eigenvalue weighted by Crippen LogP contribution is -2.68. The molecular weight excluding hydrogens is 278 g/mol. The van der Waals surface area contributed by atoms with Gasteiger partial charge in [-0.05, 0) is 20.3 Å². The third-order valence-corrected chi connectivity index (χ3v) is 6.25. The lowest BCUT2D eigenvalue weighted by Gasteiger charge is -2.58. The minimum Gasteiger partial charge on any atom is -0.378 e. The van der Waals surface area contributed by atoms with Crippen molar-refractivity contribution in [1.82, 2.24) is 14.5 Å². The lowest BCUT2D eigenvalue weighted by atomic mass is 9.56. The standard InChI is InChI=1S/C13H23N3O3S/c1-6-16-9-10(8-14-16)20(17,18)15-11-7-13(4,19-5)12(11,2)3/h8-9,11,15H,6-7H2,1-5H3/t11-,13-/m0/s1. The molecule has 1 aromatic rings. The molecule has 0 saturated heterocycles. The summed E-state index contributed by atoms with van der Waals surface area (Å²) in [6, 6.07) is -0.137. The smallest absolute Gasteiger partial charge is 0.243 e. The fraction of sp³-hybridized carbons (Fsp3) is 0.769. The first kappa shape index (κ1) is 15.5. The molecule has 1 aliphatic rings. The van der Waals surface area contributed by atoms with Crippen molar-refractivity contribution in [3.8, 4) is 0 Å². The Balaban J connectivity index is 2.15. The topological polar surface area (TPSA) is 73.2 Å². The summed E-state index contributed by atoms with van der Waals surface area (Å²) >= 11 is 0. The van der Waals surface area contributed by atoms with Gasteiger partial charge in [0.05, 0.1) is 11.8 Å². The Morgan fingerprint density at radius 3 is 2.60 bits per heavy atom. The normalized spacial score (nSPS) is 29.1. The van der Waals surface area contributed by atoms with Gasteiger partial charge in [0.15, 0.2) is 0 Å². The predicted octanol–water partition coefficient (Wildman–Crippen LogP) is 1.38. The van der Waals surface area contributed by atoms with Crippen molar-refractivity contribution >= 4 is 10.0 Å². The molecule has 1 heterocycles. The largest absolute Gasteiger partial charge is 0.378 e. The minimum atomic E-state index is -3.53. The Hall–Kier alpha value is -0.920. The highest BCUT2D eigenvalue weighted by atomic mass is 32.2. The van der Waals surface area contributed by atoms with Gasteiger partial charge in [0.1, 0.15) is 4.90 Å². The van der Waals surface area contributed by atoms with Crippen molar-refractivity contribution in [2.75, 3.05) is 7.11 Å². The number of aromatic nitrogens is 2. The number of hydrogen-bond acceptors (Lipinski definition) is 4. The van der Waals surface area contributed by atoms with Crippen LogP contribution in [-0.4, -0.2) is 37.0 Å². The Labute approximate surface area is 120 Å². The molecule has 1 aliphatic carbocycles. The van der Waals surface area contributed by atoms with Crippen LogP contribution >= 0.6 is 0 Å². The first-order valence-electron chi connectivity index (χ1n) is 6.76. The van der Waals surface area contributed by atoms with Gasteiger partial charge in [-0.15, -0.1) is 0 Å². The van der Waals surface area contributed by atoms with Crippen LogP contribution in [0.5, 0.6) is 0 Å². The van der Waals surface area contributed by atoms with Gasteiger partial charge in [-0.25, -0.2) is 13.1 Å². The van der Waals surface area contributed by atoms with Crippen molar-refractivity contribution in [2.24, 2.45) is 5.41 Å². The van der Waals surface area contributed by atoms with E-state index < -0.39 is 10.0 Å². The van der Waals surface area contributed by atoms with Crippen molar-refractivity contribution in [2.45, 2.75) is 57.2 Å². The molecule has 2 atom stereocenters. The maximum Gasteiger partial charge on any atom is 0.243 e. The highest BCUT2D eigenvalue weighted by Crippen LogP contribution is 2.51. The maximum atomic E-state index is 12.3. The van der Waals surface area contributed by atoms with Crippen LogP contribution in [0.25, 0.3) is 0 Å². The maximum absolute atomic E-state index is 12.3. The van der Waals surface area contributed by atoms with Crippen molar-refractivity contribution in [3.63, 3.8) is 0 Å². The van der Waals surface area contributed by atoms with Gasteiger partial charge < -0.3 is 4.74 Å². The summed E-state index contributed by atoms with van der Waals surface area (Å²) in [5.74, 6) is 0. The van der Waals surface area contributed by atoms with E-state index in [1.165, 1.54) is 6.20 Å². The number of sulfonamides is 1. The van der Waals surface area contributed by atoms with Crippen molar-refractivity contribution in [1.29, 1.82) is 0 Å². The molecule has 0 aromatic carbocycles. The number of nitrogens with one attached hydrogen (secondary N) is 1. The number of aryl methyl sites for hydroxylation is 1. The molecule has 1 fully saturated rings. The Kier molecular flexibility index (Phi) is 3.73. The van der Waals surface area contributed by atoms with Crippen LogP contribution in [0.1, 0.15) is 34.1 Å². The molecule has 0 spiro atoms. The van der Waals surface area contributed by atoms with Crippen LogP contribution < -0.4 is 4.72 Å². The third-order valence-electron chi connectivity index (χ3n) is 4.82. The second kappa shape index (κ2) is 4.82. The van der Waals surface area contributed by atoms with Gasteiger partial charge >= 0.3 is 0 Å². The second-order valence-corrected chi connectivity index (χ2v) is 7.78. The fourth-order valence-corrected chi connectivity index (χ4v) is 3.93. The summed E-state index contributed by atoms with van der Waals surface area (Å²) in [5, 5.41) is 4.01. The minimum absolute atomic E-state index is 0.137. The average Bonchev–Trinajstić information content (AvgIpc) is 2.87. The zero-order chi connectivity index (χ0) is 15.2. The van der Waals surface area contributed by atoms with Crippen molar-refractivity contribution in [3.05, 3.63) is 12.4 Å². The molecule has 1 saturated carbocycles. The monoisotopic (exact) mass is 301 g/mol. The highest BCUT2D eigenvalue weighted by molar-refractivity contribution is 7.89. The van der Waals surface area contributed by atoms with Crippen molar-refractivity contribution < 1.29 is 13.2 Å². The Morgan fingerprint density at radius 2 is 2.15 bits per heavy atom. The van der Waals surface area contributed by atoms with Gasteiger partial charge in [0, 0.05) is 31.3 Å². The third kappa shape index (κ3) is 2.27. The van der Waals surface area contributed by atoms with Gasteiger partial charge in [-0.1, -0.05) is 13.8 Å². The van der Waals surface area contributed by atoms with Crippen LogP contribution in [0.4, 0.5) is 0 Å². The number of rotatable bonds is 5. The van der Waals surface area contributed by atoms with Gasteiger partial charge in [-0.3, -0.25) is 4.68 Å². The molecular formula is C13H23N3O3S. The number of nitrogens with zero attached hydrogens (tertiary/aromatic N) is 2. The van der Waals surface area contributed by atoms with E-state index in [4.69, 9.17) is 4.74 Å². The molecule has 0 unspecified atom stereocenters. The first-order valence-corrected chi connectivity index (χ1v) is 8.24. The molecule has 0 amide bonds. The summed E-state index contributed by atoms with van der Waals surface area (Å²) in [6.07, 6.45) is 3.59. The van der Waals surface area contributed by atoms with Gasteiger partial charge in [0.25, 0.3) is 0 Å². The number of methoxy groups -OCH3 is 1. The zero-order valence-corrected chi connectivity index (χ0v) is 13.5. The summed E-state index contributed by atoms with van der Waals surface area (Å²) in [4.78, 5) is 0.209. The van der Waals surface area contributed by atoms with Crippen LogP contribution in [0.15, 0.2) is 17.3 Å². The summed E-state index contributed by atoms with van der Waals surface area (Å²) < 4.78 is 34.6. The number of hydrogen-bond donors (Lipinski definition) is 1. The van der Waals surface area contributed by atoms with E-state index in [1.807, 2.05) is 27.7 Å². The van der Waals surface area contributed by atoms with Crippen LogP contribution in [0.2, 0.25) is 0 Å². The molecule has 7 heteroatoms. The predicted molar refractivity (Wildman–Crippen MR) is 75.8 cm³/mol. The molecule has 2 rings (SSSR count). The molecule has 6 nitrogen and oxygen atoms in total. The average molecular weight is 301 g/mol. The van der Waals surface area contributed by atoms with Crippen LogP contribution in [-0.2, 0) is 21.3 Å². The number of ether oxygens (including phenoxy) is 1. The molecule has 0 bridgehead atoms. The van der Waals surface area contributed by atoms with Crippen LogP contribution in [0.3, 0.4) is 0 Å². The summed E-state index contributed by atoms with van der Waals surface area (Å²) in [5.41, 5.74) is -0.552. The first-order chi connectivity index (χ1) is 9.16. The van der Waals surface area contributed by atoms with E-state index in [2.05, 4.69) is 9.82 Å². The molecule has 1 N–H and O–H groups in total. The molecule has 0 radical (unpaired) electrons. The quantitative estimate of drug-likeness (QED) is 0.892. The summed E-state index contributed by atoms with van der Waals surface area (Å²) in [6.45, 7) is 8.60. The highest BCUT2D eigenvalue weighted by Gasteiger charge is 2.58. The molecule has 114 valence electrons.